The normalized spacial score (nSPS) is 20.0. The van der Waals surface area contributed by atoms with Crippen LogP contribution in [0.2, 0.25) is 5.02 Å². The third-order valence-electron chi connectivity index (χ3n) is 3.02. The van der Waals surface area contributed by atoms with Gasteiger partial charge in [0.15, 0.2) is 5.78 Å². The van der Waals surface area contributed by atoms with Crippen molar-refractivity contribution < 1.29 is 4.79 Å². The summed E-state index contributed by atoms with van der Waals surface area (Å²) in [6.07, 6.45) is 2.50. The molecule has 1 aliphatic rings. The van der Waals surface area contributed by atoms with Crippen LogP contribution < -0.4 is 5.32 Å². The van der Waals surface area contributed by atoms with E-state index in [1.807, 2.05) is 25.1 Å². The van der Waals surface area contributed by atoms with Crippen molar-refractivity contribution in [1.29, 1.82) is 0 Å². The van der Waals surface area contributed by atoms with Crippen LogP contribution in [0.15, 0.2) is 18.2 Å². The van der Waals surface area contributed by atoms with E-state index < -0.39 is 0 Å². The highest BCUT2D eigenvalue weighted by molar-refractivity contribution is 6.31. The lowest BCUT2D eigenvalue weighted by Gasteiger charge is -2.10. The fourth-order valence-corrected chi connectivity index (χ4v) is 2.37. The molecule has 1 unspecified atom stereocenters. The first-order chi connectivity index (χ1) is 7.66. The summed E-state index contributed by atoms with van der Waals surface area (Å²) in [5.41, 5.74) is 2.06. The number of carbonyl (C=O) groups excluding carboxylic acids is 1. The van der Waals surface area contributed by atoms with Gasteiger partial charge in [0, 0.05) is 11.4 Å². The highest BCUT2D eigenvalue weighted by Crippen LogP contribution is 2.19. The molecule has 0 saturated carbocycles. The van der Waals surface area contributed by atoms with Crippen LogP contribution in [0.3, 0.4) is 0 Å². The summed E-state index contributed by atoms with van der Waals surface area (Å²) in [7, 11) is 0. The quantitative estimate of drug-likeness (QED) is 0.875. The molecule has 0 aliphatic carbocycles. The predicted molar refractivity (Wildman–Crippen MR) is 65.9 cm³/mol. The Hall–Kier alpha value is -0.860. The minimum absolute atomic E-state index is 0.0392. The van der Waals surface area contributed by atoms with Crippen molar-refractivity contribution in [2.24, 2.45) is 0 Å². The highest BCUT2D eigenvalue weighted by Gasteiger charge is 2.22. The summed E-state index contributed by atoms with van der Waals surface area (Å²) in [5.74, 6) is 0.253. The minimum Gasteiger partial charge on any atom is -0.307 e. The van der Waals surface area contributed by atoms with Crippen molar-refractivity contribution in [3.8, 4) is 0 Å². The zero-order valence-electron chi connectivity index (χ0n) is 9.42. The van der Waals surface area contributed by atoms with E-state index in [1.165, 1.54) is 0 Å². The van der Waals surface area contributed by atoms with E-state index in [0.717, 1.165) is 30.5 Å². The Balaban J connectivity index is 2.05. The Morgan fingerprint density at radius 1 is 1.56 bits per heavy atom. The number of nitrogens with one attached hydrogen (secondary N) is 1. The van der Waals surface area contributed by atoms with Crippen LogP contribution in [-0.4, -0.2) is 18.4 Å². The van der Waals surface area contributed by atoms with Crippen LogP contribution in [0.25, 0.3) is 0 Å². The number of ketones is 1. The van der Waals surface area contributed by atoms with Crippen LogP contribution in [0.5, 0.6) is 0 Å². The summed E-state index contributed by atoms with van der Waals surface area (Å²) in [4.78, 5) is 11.9. The molecule has 0 bridgehead atoms. The average Bonchev–Trinajstić information content (AvgIpc) is 2.75. The minimum atomic E-state index is 0.0392. The average molecular weight is 238 g/mol. The maximum Gasteiger partial charge on any atom is 0.154 e. The first kappa shape index (κ1) is 11.6. The Morgan fingerprint density at radius 2 is 2.38 bits per heavy atom. The third-order valence-corrected chi connectivity index (χ3v) is 3.37. The molecule has 0 aromatic heterocycles. The number of aryl methyl sites for hydroxylation is 1. The van der Waals surface area contributed by atoms with Crippen molar-refractivity contribution in [3.63, 3.8) is 0 Å². The second-order valence-corrected chi connectivity index (χ2v) is 4.79. The van der Waals surface area contributed by atoms with Gasteiger partial charge < -0.3 is 5.32 Å². The van der Waals surface area contributed by atoms with E-state index in [4.69, 9.17) is 11.6 Å². The van der Waals surface area contributed by atoms with Gasteiger partial charge >= 0.3 is 0 Å². The molecule has 16 heavy (non-hydrogen) atoms. The van der Waals surface area contributed by atoms with Gasteiger partial charge in [0.2, 0.25) is 0 Å². The van der Waals surface area contributed by atoms with Gasteiger partial charge in [-0.2, -0.15) is 0 Å². The van der Waals surface area contributed by atoms with Crippen LogP contribution >= 0.6 is 11.6 Å². The van der Waals surface area contributed by atoms with E-state index in [1.54, 1.807) is 0 Å². The van der Waals surface area contributed by atoms with Gasteiger partial charge in [-0.15, -0.1) is 0 Å². The maximum atomic E-state index is 11.9. The second-order valence-electron chi connectivity index (χ2n) is 4.39. The monoisotopic (exact) mass is 237 g/mol. The lowest BCUT2D eigenvalue weighted by atomic mass is 10.0. The smallest absolute Gasteiger partial charge is 0.154 e. The number of hydrogen-bond donors (Lipinski definition) is 1. The molecular formula is C13H16ClNO. The molecule has 0 spiro atoms. The second kappa shape index (κ2) is 4.98. The van der Waals surface area contributed by atoms with Crippen molar-refractivity contribution in [2.75, 3.05) is 6.54 Å². The molecule has 3 heteroatoms. The first-order valence-corrected chi connectivity index (χ1v) is 6.06. The lowest BCUT2D eigenvalue weighted by Crippen LogP contribution is -2.31. The fourth-order valence-electron chi connectivity index (χ4n) is 2.07. The van der Waals surface area contributed by atoms with Crippen molar-refractivity contribution in [1.82, 2.24) is 5.32 Å². The Kier molecular flexibility index (Phi) is 3.62. The fraction of sp³-hybridized carbons (Fsp3) is 0.462. The number of carbonyl (C=O) groups is 1. The third kappa shape index (κ3) is 2.63. The van der Waals surface area contributed by atoms with E-state index in [9.17, 15) is 4.79 Å². The van der Waals surface area contributed by atoms with Crippen molar-refractivity contribution in [3.05, 3.63) is 34.3 Å². The lowest BCUT2D eigenvalue weighted by molar-refractivity contribution is -0.120. The molecule has 1 atom stereocenters. The number of Topliss-reactive ketones (excluding diaryl/α,β-unsaturated/α-hetero) is 1. The molecule has 0 radical (unpaired) electrons. The van der Waals surface area contributed by atoms with Gasteiger partial charge in [-0.3, -0.25) is 4.79 Å². The predicted octanol–water partition coefficient (Wildman–Crippen LogP) is 2.51. The highest BCUT2D eigenvalue weighted by atomic mass is 35.5. The SMILES string of the molecule is Cc1ccc(CC(=O)C2CCCN2)c(Cl)c1. The van der Waals surface area contributed by atoms with E-state index in [-0.39, 0.29) is 11.8 Å². The maximum absolute atomic E-state index is 11.9. The van der Waals surface area contributed by atoms with Crippen LogP contribution in [0.4, 0.5) is 0 Å². The summed E-state index contributed by atoms with van der Waals surface area (Å²) in [6, 6.07) is 5.89. The van der Waals surface area contributed by atoms with Gasteiger partial charge in [-0.05, 0) is 43.5 Å². The molecule has 1 saturated heterocycles. The van der Waals surface area contributed by atoms with Crippen molar-refractivity contribution >= 4 is 17.4 Å². The number of rotatable bonds is 3. The zero-order chi connectivity index (χ0) is 11.5. The van der Waals surface area contributed by atoms with Gasteiger partial charge in [0.25, 0.3) is 0 Å². The largest absolute Gasteiger partial charge is 0.307 e. The summed E-state index contributed by atoms with van der Waals surface area (Å²) in [6.45, 7) is 2.95. The first-order valence-electron chi connectivity index (χ1n) is 5.68. The van der Waals surface area contributed by atoms with E-state index >= 15 is 0 Å². The molecule has 1 aliphatic heterocycles. The molecule has 1 fully saturated rings. The summed E-state index contributed by atoms with van der Waals surface area (Å²) in [5, 5.41) is 3.92. The molecule has 1 N–H and O–H groups in total. The molecule has 86 valence electrons. The van der Waals surface area contributed by atoms with Crippen LogP contribution in [-0.2, 0) is 11.2 Å². The summed E-state index contributed by atoms with van der Waals surface area (Å²) < 4.78 is 0. The molecule has 0 amide bonds. The number of halogens is 1. The van der Waals surface area contributed by atoms with Gasteiger partial charge in [-0.25, -0.2) is 0 Å². The molecule has 1 heterocycles. The van der Waals surface area contributed by atoms with Crippen LogP contribution in [0.1, 0.15) is 24.0 Å². The molecule has 1 aromatic rings. The van der Waals surface area contributed by atoms with E-state index in [0.29, 0.717) is 11.4 Å². The van der Waals surface area contributed by atoms with E-state index in [2.05, 4.69) is 5.32 Å². The van der Waals surface area contributed by atoms with Crippen molar-refractivity contribution in [2.45, 2.75) is 32.2 Å². The number of benzene rings is 1. The Bertz CT molecular complexity index is 397. The Labute approximate surface area is 101 Å². The molecule has 1 aromatic carbocycles. The molecule has 2 nitrogen and oxygen atoms in total. The molecular weight excluding hydrogens is 222 g/mol. The standard InChI is InChI=1S/C13H16ClNO/c1-9-4-5-10(11(14)7-9)8-13(16)12-3-2-6-15-12/h4-5,7,12,15H,2-3,6,8H2,1H3. The number of hydrogen-bond acceptors (Lipinski definition) is 2. The van der Waals surface area contributed by atoms with Gasteiger partial charge in [0.05, 0.1) is 6.04 Å². The van der Waals surface area contributed by atoms with Gasteiger partial charge in [-0.1, -0.05) is 23.7 Å². The molecule has 2 rings (SSSR count). The topological polar surface area (TPSA) is 29.1 Å². The van der Waals surface area contributed by atoms with Gasteiger partial charge in [0.1, 0.15) is 0 Å². The summed E-state index contributed by atoms with van der Waals surface area (Å²) >= 11 is 6.11. The van der Waals surface area contributed by atoms with Crippen LogP contribution in [0, 0.1) is 6.92 Å². The Morgan fingerprint density at radius 3 is 3.00 bits per heavy atom. The zero-order valence-corrected chi connectivity index (χ0v) is 10.2.